The fourth-order valence-electron chi connectivity index (χ4n) is 2.33. The Balaban J connectivity index is 2.36. The van der Waals surface area contributed by atoms with Crippen molar-refractivity contribution < 1.29 is 19.0 Å². The van der Waals surface area contributed by atoms with Crippen LogP contribution in [0, 0.1) is 6.92 Å². The molecule has 1 amide bonds. The molecule has 0 saturated carbocycles. The summed E-state index contributed by atoms with van der Waals surface area (Å²) in [7, 11) is 3.00. The van der Waals surface area contributed by atoms with E-state index in [2.05, 4.69) is 5.32 Å². The second kappa shape index (κ2) is 8.52. The van der Waals surface area contributed by atoms with E-state index in [9.17, 15) is 4.79 Å². The normalized spacial score (nSPS) is 10.6. The van der Waals surface area contributed by atoms with Crippen molar-refractivity contribution in [2.75, 3.05) is 19.5 Å². The maximum atomic E-state index is 12.7. The van der Waals surface area contributed by atoms with Gasteiger partial charge in [0.25, 0.3) is 5.91 Å². The third-order valence-electron chi connectivity index (χ3n) is 3.57. The van der Waals surface area contributed by atoms with E-state index in [0.717, 1.165) is 5.56 Å². The van der Waals surface area contributed by atoms with Gasteiger partial charge >= 0.3 is 0 Å². The number of amides is 1. The first kappa shape index (κ1) is 20.2. The summed E-state index contributed by atoms with van der Waals surface area (Å²) in [5.74, 6) is 0.893. The number of benzene rings is 2. The van der Waals surface area contributed by atoms with Gasteiger partial charge in [0.1, 0.15) is 5.75 Å². The molecule has 0 aliphatic carbocycles. The number of halogens is 2. The highest BCUT2D eigenvalue weighted by atomic mass is 35.5. The van der Waals surface area contributed by atoms with E-state index in [0.29, 0.717) is 38.5 Å². The standard InChI is InChI=1S/C19H21Cl2NO4/c1-10(2)26-18-14(21)7-12(8-17(18)25-5)19(23)22-15-6-11(3)13(20)9-16(15)24-4/h6-10H,1-5H3,(H,22,23). The molecule has 5 nitrogen and oxygen atoms in total. The van der Waals surface area contributed by atoms with Gasteiger partial charge in [0.05, 0.1) is 31.0 Å². The Kier molecular flexibility index (Phi) is 6.62. The molecule has 0 aromatic heterocycles. The van der Waals surface area contributed by atoms with Gasteiger partial charge in [0, 0.05) is 16.7 Å². The molecule has 2 rings (SSSR count). The van der Waals surface area contributed by atoms with Crippen molar-refractivity contribution in [1.29, 1.82) is 0 Å². The number of hydrogen-bond donors (Lipinski definition) is 1. The smallest absolute Gasteiger partial charge is 0.255 e. The van der Waals surface area contributed by atoms with E-state index in [1.165, 1.54) is 20.3 Å². The zero-order valence-electron chi connectivity index (χ0n) is 15.3. The van der Waals surface area contributed by atoms with Crippen molar-refractivity contribution in [1.82, 2.24) is 0 Å². The highest BCUT2D eigenvalue weighted by Crippen LogP contribution is 2.38. The molecular formula is C19H21Cl2NO4. The molecule has 0 unspecified atom stereocenters. The van der Waals surface area contributed by atoms with Crippen molar-refractivity contribution in [3.63, 3.8) is 0 Å². The number of aryl methyl sites for hydroxylation is 1. The number of ether oxygens (including phenoxy) is 3. The molecule has 140 valence electrons. The summed E-state index contributed by atoms with van der Waals surface area (Å²) in [6.45, 7) is 5.60. The van der Waals surface area contributed by atoms with E-state index in [4.69, 9.17) is 37.4 Å². The molecule has 1 N–H and O–H groups in total. The third-order valence-corrected chi connectivity index (χ3v) is 4.26. The van der Waals surface area contributed by atoms with Crippen molar-refractivity contribution in [2.45, 2.75) is 26.9 Å². The predicted octanol–water partition coefficient (Wildman–Crippen LogP) is 5.36. The van der Waals surface area contributed by atoms with Gasteiger partial charge in [-0.1, -0.05) is 23.2 Å². The number of carbonyl (C=O) groups excluding carboxylic acids is 1. The van der Waals surface area contributed by atoms with Gasteiger partial charge in [-0.3, -0.25) is 4.79 Å². The molecule has 0 heterocycles. The lowest BCUT2D eigenvalue weighted by atomic mass is 10.1. The van der Waals surface area contributed by atoms with E-state index in [1.54, 1.807) is 18.2 Å². The van der Waals surface area contributed by atoms with Crippen LogP contribution in [0.4, 0.5) is 5.69 Å². The molecule has 26 heavy (non-hydrogen) atoms. The summed E-state index contributed by atoms with van der Waals surface area (Å²) >= 11 is 12.4. The van der Waals surface area contributed by atoms with Crippen LogP contribution in [0.2, 0.25) is 10.0 Å². The number of carbonyl (C=O) groups is 1. The molecule has 0 atom stereocenters. The molecule has 7 heteroatoms. The molecular weight excluding hydrogens is 377 g/mol. The lowest BCUT2D eigenvalue weighted by molar-refractivity contribution is 0.102. The second-order valence-corrected chi connectivity index (χ2v) is 6.73. The molecule has 0 spiro atoms. The Bertz CT molecular complexity index is 822. The quantitative estimate of drug-likeness (QED) is 0.712. The molecule has 2 aromatic rings. The van der Waals surface area contributed by atoms with E-state index < -0.39 is 0 Å². The third kappa shape index (κ3) is 4.54. The molecule has 0 aliphatic rings. The lowest BCUT2D eigenvalue weighted by Crippen LogP contribution is -2.14. The molecule has 0 fully saturated rings. The molecule has 0 radical (unpaired) electrons. The van der Waals surface area contributed by atoms with Crippen molar-refractivity contribution in [3.8, 4) is 17.2 Å². The topological polar surface area (TPSA) is 56.8 Å². The van der Waals surface area contributed by atoms with Crippen LogP contribution in [0.25, 0.3) is 0 Å². The SMILES string of the molecule is COc1cc(Cl)c(C)cc1NC(=O)c1cc(Cl)c(OC(C)C)c(OC)c1. The zero-order chi connectivity index (χ0) is 19.4. The fraction of sp³-hybridized carbons (Fsp3) is 0.316. The minimum atomic E-state index is -0.360. The summed E-state index contributed by atoms with van der Waals surface area (Å²) < 4.78 is 16.3. The summed E-state index contributed by atoms with van der Waals surface area (Å²) in [6, 6.07) is 6.51. The Morgan fingerprint density at radius 3 is 2.23 bits per heavy atom. The van der Waals surface area contributed by atoms with Crippen molar-refractivity contribution in [2.24, 2.45) is 0 Å². The average Bonchev–Trinajstić information content (AvgIpc) is 2.58. The summed E-state index contributed by atoms with van der Waals surface area (Å²) in [5.41, 5.74) is 1.66. The van der Waals surface area contributed by atoms with Gasteiger partial charge in [0.2, 0.25) is 0 Å². The van der Waals surface area contributed by atoms with Crippen LogP contribution >= 0.6 is 23.2 Å². The zero-order valence-corrected chi connectivity index (χ0v) is 16.8. The minimum absolute atomic E-state index is 0.0811. The van der Waals surface area contributed by atoms with Gasteiger partial charge in [-0.2, -0.15) is 0 Å². The van der Waals surface area contributed by atoms with Gasteiger partial charge in [-0.25, -0.2) is 0 Å². The molecule has 0 saturated heterocycles. The summed E-state index contributed by atoms with van der Waals surface area (Å²) in [4.78, 5) is 12.7. The maximum Gasteiger partial charge on any atom is 0.255 e. The maximum absolute atomic E-state index is 12.7. The van der Waals surface area contributed by atoms with Gasteiger partial charge < -0.3 is 19.5 Å². The second-order valence-electron chi connectivity index (χ2n) is 5.91. The van der Waals surface area contributed by atoms with Crippen LogP contribution in [0.3, 0.4) is 0 Å². The number of rotatable bonds is 6. The number of anilines is 1. The first-order valence-corrected chi connectivity index (χ1v) is 8.72. The Morgan fingerprint density at radius 2 is 1.65 bits per heavy atom. The Labute approximate surface area is 163 Å². The number of methoxy groups -OCH3 is 2. The largest absolute Gasteiger partial charge is 0.495 e. The first-order valence-electron chi connectivity index (χ1n) is 7.96. The van der Waals surface area contributed by atoms with Crippen LogP contribution in [0.5, 0.6) is 17.2 Å². The van der Waals surface area contributed by atoms with Gasteiger partial charge in [-0.15, -0.1) is 0 Å². The highest BCUT2D eigenvalue weighted by Gasteiger charge is 2.18. The summed E-state index contributed by atoms with van der Waals surface area (Å²) in [6.07, 6.45) is -0.0811. The Hall–Kier alpha value is -2.11. The molecule has 0 aliphatic heterocycles. The van der Waals surface area contributed by atoms with Gasteiger partial charge in [-0.05, 0) is 44.5 Å². The van der Waals surface area contributed by atoms with Crippen LogP contribution < -0.4 is 19.5 Å². The van der Waals surface area contributed by atoms with Crippen LogP contribution in [-0.2, 0) is 0 Å². The average molecular weight is 398 g/mol. The summed E-state index contributed by atoms with van der Waals surface area (Å²) in [5, 5.41) is 3.66. The fourth-order valence-corrected chi connectivity index (χ4v) is 2.73. The van der Waals surface area contributed by atoms with E-state index >= 15 is 0 Å². The van der Waals surface area contributed by atoms with Crippen molar-refractivity contribution >= 4 is 34.8 Å². The molecule has 2 aromatic carbocycles. The minimum Gasteiger partial charge on any atom is -0.495 e. The highest BCUT2D eigenvalue weighted by molar-refractivity contribution is 6.33. The van der Waals surface area contributed by atoms with E-state index in [-0.39, 0.29) is 12.0 Å². The number of nitrogens with one attached hydrogen (secondary N) is 1. The Morgan fingerprint density at radius 1 is 1.00 bits per heavy atom. The van der Waals surface area contributed by atoms with Crippen molar-refractivity contribution in [3.05, 3.63) is 45.4 Å². The molecule has 0 bridgehead atoms. The first-order chi connectivity index (χ1) is 12.3. The monoisotopic (exact) mass is 397 g/mol. The number of hydrogen-bond acceptors (Lipinski definition) is 4. The van der Waals surface area contributed by atoms with Crippen LogP contribution in [-0.4, -0.2) is 26.2 Å². The predicted molar refractivity (Wildman–Crippen MR) is 104 cm³/mol. The van der Waals surface area contributed by atoms with Crippen LogP contribution in [0.15, 0.2) is 24.3 Å². The van der Waals surface area contributed by atoms with Crippen LogP contribution in [0.1, 0.15) is 29.8 Å². The van der Waals surface area contributed by atoms with E-state index in [1.807, 2.05) is 20.8 Å². The lowest BCUT2D eigenvalue weighted by Gasteiger charge is -2.17. The van der Waals surface area contributed by atoms with Gasteiger partial charge in [0.15, 0.2) is 11.5 Å².